The van der Waals surface area contributed by atoms with Crippen LogP contribution in [-0.4, -0.2) is 40.3 Å². The van der Waals surface area contributed by atoms with Gasteiger partial charge < -0.3 is 5.11 Å². The average molecular weight is 384 g/mol. The SMILES string of the molecule is Cc1ccc(S(=O)(=O)Nc2cc(S(=O)(=O)N(C)C)ccc2O)cc1C. The van der Waals surface area contributed by atoms with Crippen LogP contribution in [0.4, 0.5) is 5.69 Å². The Morgan fingerprint density at radius 2 is 1.48 bits per heavy atom. The van der Waals surface area contributed by atoms with Crippen molar-refractivity contribution in [1.29, 1.82) is 0 Å². The van der Waals surface area contributed by atoms with Crippen molar-refractivity contribution in [2.45, 2.75) is 23.6 Å². The van der Waals surface area contributed by atoms with Gasteiger partial charge in [-0.1, -0.05) is 6.07 Å². The average Bonchev–Trinajstić information content (AvgIpc) is 2.51. The van der Waals surface area contributed by atoms with E-state index >= 15 is 0 Å². The molecule has 0 unspecified atom stereocenters. The number of rotatable bonds is 5. The van der Waals surface area contributed by atoms with Crippen molar-refractivity contribution in [3.8, 4) is 5.75 Å². The molecule has 0 spiro atoms. The fraction of sp³-hybridized carbons (Fsp3) is 0.250. The number of nitrogens with one attached hydrogen (secondary N) is 1. The van der Waals surface area contributed by atoms with Crippen LogP contribution >= 0.6 is 0 Å². The Bertz CT molecular complexity index is 1010. The van der Waals surface area contributed by atoms with E-state index in [1.54, 1.807) is 13.0 Å². The summed E-state index contributed by atoms with van der Waals surface area (Å²) in [5.41, 5.74) is 1.54. The summed E-state index contributed by atoms with van der Waals surface area (Å²) in [5.74, 6) is -0.370. The van der Waals surface area contributed by atoms with Crippen LogP contribution in [-0.2, 0) is 20.0 Å². The van der Waals surface area contributed by atoms with E-state index in [9.17, 15) is 21.9 Å². The second-order valence-electron chi connectivity index (χ2n) is 5.82. The molecule has 0 amide bonds. The highest BCUT2D eigenvalue weighted by Crippen LogP contribution is 2.29. The molecule has 0 aliphatic heterocycles. The Balaban J connectivity index is 2.47. The fourth-order valence-corrected chi connectivity index (χ4v) is 4.13. The maximum absolute atomic E-state index is 12.5. The lowest BCUT2D eigenvalue weighted by Crippen LogP contribution is -2.22. The Hall–Kier alpha value is -2.10. The van der Waals surface area contributed by atoms with Crippen molar-refractivity contribution in [2.75, 3.05) is 18.8 Å². The van der Waals surface area contributed by atoms with Crippen LogP contribution in [0.3, 0.4) is 0 Å². The highest BCUT2D eigenvalue weighted by molar-refractivity contribution is 7.92. The Labute approximate surface area is 148 Å². The normalized spacial score (nSPS) is 12.4. The van der Waals surface area contributed by atoms with Gasteiger partial charge in [0.1, 0.15) is 5.75 Å². The van der Waals surface area contributed by atoms with Crippen molar-refractivity contribution in [3.05, 3.63) is 47.5 Å². The first kappa shape index (κ1) is 19.2. The molecule has 0 aromatic heterocycles. The van der Waals surface area contributed by atoms with E-state index in [0.717, 1.165) is 27.6 Å². The lowest BCUT2D eigenvalue weighted by molar-refractivity contribution is 0.477. The zero-order valence-electron chi connectivity index (χ0n) is 14.3. The smallest absolute Gasteiger partial charge is 0.262 e. The minimum atomic E-state index is -3.98. The van der Waals surface area contributed by atoms with Gasteiger partial charge in [0, 0.05) is 14.1 Å². The van der Waals surface area contributed by atoms with E-state index in [1.165, 1.54) is 32.3 Å². The van der Waals surface area contributed by atoms with Gasteiger partial charge >= 0.3 is 0 Å². The molecule has 0 radical (unpaired) electrons. The molecule has 25 heavy (non-hydrogen) atoms. The summed E-state index contributed by atoms with van der Waals surface area (Å²) in [5, 5.41) is 9.91. The Kier molecular flexibility index (Phi) is 5.12. The molecular formula is C16H20N2O5S2. The van der Waals surface area contributed by atoms with Gasteiger partial charge in [-0.2, -0.15) is 0 Å². The minimum Gasteiger partial charge on any atom is -0.506 e. The summed E-state index contributed by atoms with van der Waals surface area (Å²) >= 11 is 0. The summed E-state index contributed by atoms with van der Waals surface area (Å²) < 4.78 is 52.7. The summed E-state index contributed by atoms with van der Waals surface area (Å²) in [6, 6.07) is 8.06. The van der Waals surface area contributed by atoms with Crippen LogP contribution in [0.15, 0.2) is 46.2 Å². The molecule has 136 valence electrons. The van der Waals surface area contributed by atoms with Crippen LogP contribution in [0.25, 0.3) is 0 Å². The van der Waals surface area contributed by atoms with Crippen LogP contribution in [0.5, 0.6) is 5.75 Å². The van der Waals surface area contributed by atoms with Gasteiger partial charge in [-0.25, -0.2) is 21.1 Å². The van der Waals surface area contributed by atoms with E-state index < -0.39 is 20.0 Å². The molecule has 0 aliphatic rings. The third-order valence-corrected chi connectivity index (χ3v) is 6.95. The maximum Gasteiger partial charge on any atom is 0.262 e. The first-order chi connectivity index (χ1) is 11.4. The minimum absolute atomic E-state index is 0.0240. The number of anilines is 1. The van der Waals surface area contributed by atoms with Gasteiger partial charge in [0.05, 0.1) is 15.5 Å². The van der Waals surface area contributed by atoms with Crippen LogP contribution < -0.4 is 4.72 Å². The molecule has 2 aromatic carbocycles. The molecular weight excluding hydrogens is 364 g/mol. The quantitative estimate of drug-likeness (QED) is 0.768. The van der Waals surface area contributed by atoms with Crippen molar-refractivity contribution < 1.29 is 21.9 Å². The van der Waals surface area contributed by atoms with Crippen molar-refractivity contribution in [3.63, 3.8) is 0 Å². The number of aryl methyl sites for hydroxylation is 2. The molecule has 2 aromatic rings. The molecule has 2 N–H and O–H groups in total. The topological polar surface area (TPSA) is 104 Å². The highest BCUT2D eigenvalue weighted by Gasteiger charge is 2.21. The van der Waals surface area contributed by atoms with Crippen molar-refractivity contribution in [2.24, 2.45) is 0 Å². The molecule has 0 saturated carbocycles. The fourth-order valence-electron chi connectivity index (χ4n) is 2.05. The highest BCUT2D eigenvalue weighted by atomic mass is 32.2. The van der Waals surface area contributed by atoms with Crippen LogP contribution in [0.1, 0.15) is 11.1 Å². The zero-order valence-corrected chi connectivity index (χ0v) is 15.9. The molecule has 0 atom stereocenters. The van der Waals surface area contributed by atoms with E-state index in [-0.39, 0.29) is 21.2 Å². The molecule has 9 heteroatoms. The summed E-state index contributed by atoms with van der Waals surface area (Å²) in [7, 11) is -5.01. The number of aromatic hydroxyl groups is 1. The lowest BCUT2D eigenvalue weighted by Gasteiger charge is -2.15. The first-order valence-corrected chi connectivity index (χ1v) is 10.2. The predicted molar refractivity (Wildman–Crippen MR) is 95.7 cm³/mol. The monoisotopic (exact) mass is 384 g/mol. The molecule has 0 saturated heterocycles. The second-order valence-corrected chi connectivity index (χ2v) is 9.65. The zero-order chi connectivity index (χ0) is 19.0. The molecule has 0 heterocycles. The maximum atomic E-state index is 12.5. The predicted octanol–water partition coefficient (Wildman–Crippen LogP) is 2.06. The molecule has 0 aliphatic carbocycles. The number of hydrogen-bond donors (Lipinski definition) is 2. The Morgan fingerprint density at radius 3 is 2.04 bits per heavy atom. The van der Waals surface area contributed by atoms with E-state index in [4.69, 9.17) is 0 Å². The third-order valence-electron chi connectivity index (χ3n) is 3.78. The summed E-state index contributed by atoms with van der Waals surface area (Å²) in [6.45, 7) is 3.65. The van der Waals surface area contributed by atoms with E-state index in [2.05, 4.69) is 4.72 Å². The molecule has 0 fully saturated rings. The van der Waals surface area contributed by atoms with Gasteiger partial charge in [-0.15, -0.1) is 0 Å². The largest absolute Gasteiger partial charge is 0.506 e. The van der Waals surface area contributed by atoms with Crippen molar-refractivity contribution in [1.82, 2.24) is 4.31 Å². The number of phenols is 1. The van der Waals surface area contributed by atoms with Gasteiger partial charge in [0.2, 0.25) is 10.0 Å². The molecule has 0 bridgehead atoms. The van der Waals surface area contributed by atoms with E-state index in [1.807, 2.05) is 6.92 Å². The molecule has 7 nitrogen and oxygen atoms in total. The van der Waals surface area contributed by atoms with Crippen molar-refractivity contribution >= 4 is 25.7 Å². The molecule has 2 rings (SSSR count). The lowest BCUT2D eigenvalue weighted by atomic mass is 10.1. The number of sulfonamides is 2. The van der Waals surface area contributed by atoms with Gasteiger partial charge in [0.25, 0.3) is 10.0 Å². The number of phenolic OH excluding ortho intramolecular Hbond substituents is 1. The van der Waals surface area contributed by atoms with Gasteiger partial charge in [-0.05, 0) is 55.3 Å². The summed E-state index contributed by atoms with van der Waals surface area (Å²) in [6.07, 6.45) is 0. The number of hydrogen-bond acceptors (Lipinski definition) is 5. The second kappa shape index (κ2) is 6.66. The summed E-state index contributed by atoms with van der Waals surface area (Å²) in [4.78, 5) is -0.107. The number of benzene rings is 2. The van der Waals surface area contributed by atoms with E-state index in [0.29, 0.717) is 0 Å². The third kappa shape index (κ3) is 3.94. The first-order valence-electron chi connectivity index (χ1n) is 7.31. The number of nitrogens with zero attached hydrogens (tertiary/aromatic N) is 1. The van der Waals surface area contributed by atoms with Crippen LogP contribution in [0, 0.1) is 13.8 Å². The Morgan fingerprint density at radius 1 is 0.880 bits per heavy atom. The van der Waals surface area contributed by atoms with Crippen LogP contribution in [0.2, 0.25) is 0 Å². The standard InChI is InChI=1S/C16H20N2O5S2/c1-11-5-6-13(9-12(11)2)24(20,21)17-15-10-14(7-8-16(15)19)25(22,23)18(3)4/h5-10,17,19H,1-4H3. The van der Waals surface area contributed by atoms with Gasteiger partial charge in [-0.3, -0.25) is 4.72 Å². The van der Waals surface area contributed by atoms with Gasteiger partial charge in [0.15, 0.2) is 0 Å².